The Hall–Kier alpha value is -3.82. The van der Waals surface area contributed by atoms with Gasteiger partial charge in [0.05, 0.1) is 30.4 Å². The van der Waals surface area contributed by atoms with E-state index in [-0.39, 0.29) is 11.3 Å². The van der Waals surface area contributed by atoms with Gasteiger partial charge in [0.15, 0.2) is 6.61 Å². The molecule has 1 aliphatic heterocycles. The minimum absolute atomic E-state index is 0.0620. The molecule has 2 aromatic carbocycles. The number of nitrogens with zero attached hydrogens (tertiary/aromatic N) is 2. The van der Waals surface area contributed by atoms with E-state index in [1.807, 2.05) is 4.90 Å². The molecule has 0 aromatic heterocycles. The lowest BCUT2D eigenvalue weighted by atomic mass is 10.1. The first-order valence-electron chi connectivity index (χ1n) is 9.64. The maximum Gasteiger partial charge on any atom is 0.341 e. The SMILES string of the molecule is COc1cc(NC(=O)COC(=O)c2cc([N+](=O)[O-])ccc2N2CCCC2)cc(OC)c1. The summed E-state index contributed by atoms with van der Waals surface area (Å²) in [6, 6.07) is 8.91. The van der Waals surface area contributed by atoms with E-state index in [1.54, 1.807) is 24.3 Å². The molecule has 1 N–H and O–H groups in total. The van der Waals surface area contributed by atoms with Crippen molar-refractivity contribution in [3.8, 4) is 11.5 Å². The molecule has 164 valence electrons. The summed E-state index contributed by atoms with van der Waals surface area (Å²) in [6.07, 6.45) is 1.94. The first kappa shape index (κ1) is 21.9. The Morgan fingerprint density at radius 2 is 1.71 bits per heavy atom. The summed E-state index contributed by atoms with van der Waals surface area (Å²) in [6.45, 7) is 0.937. The van der Waals surface area contributed by atoms with Crippen LogP contribution in [0.5, 0.6) is 11.5 Å². The fourth-order valence-electron chi connectivity index (χ4n) is 3.32. The number of nitro benzene ring substituents is 1. The van der Waals surface area contributed by atoms with Crippen LogP contribution in [0, 0.1) is 10.1 Å². The van der Waals surface area contributed by atoms with Crippen molar-refractivity contribution in [1.82, 2.24) is 0 Å². The Balaban J connectivity index is 1.70. The van der Waals surface area contributed by atoms with E-state index in [1.165, 1.54) is 26.4 Å². The minimum atomic E-state index is -0.802. The molecule has 1 fully saturated rings. The zero-order valence-corrected chi connectivity index (χ0v) is 17.3. The second-order valence-electron chi connectivity index (χ2n) is 6.88. The van der Waals surface area contributed by atoms with Crippen molar-refractivity contribution in [3.05, 3.63) is 52.1 Å². The fourth-order valence-corrected chi connectivity index (χ4v) is 3.32. The average molecular weight is 429 g/mol. The fraction of sp³-hybridized carbons (Fsp3) is 0.333. The molecule has 1 saturated heterocycles. The highest BCUT2D eigenvalue weighted by Gasteiger charge is 2.24. The van der Waals surface area contributed by atoms with E-state index in [9.17, 15) is 19.7 Å². The molecule has 1 heterocycles. The van der Waals surface area contributed by atoms with Gasteiger partial charge in [0, 0.05) is 49.1 Å². The van der Waals surface area contributed by atoms with Gasteiger partial charge < -0.3 is 24.4 Å². The largest absolute Gasteiger partial charge is 0.497 e. The number of nitro groups is 1. The Kier molecular flexibility index (Phi) is 6.91. The van der Waals surface area contributed by atoms with Crippen LogP contribution in [0.25, 0.3) is 0 Å². The van der Waals surface area contributed by atoms with Crippen molar-refractivity contribution in [2.45, 2.75) is 12.8 Å². The molecule has 0 saturated carbocycles. The summed E-state index contributed by atoms with van der Waals surface area (Å²) in [4.78, 5) is 37.5. The van der Waals surface area contributed by atoms with Gasteiger partial charge >= 0.3 is 5.97 Å². The first-order valence-corrected chi connectivity index (χ1v) is 9.64. The van der Waals surface area contributed by atoms with E-state index in [0.29, 0.717) is 22.9 Å². The predicted octanol–water partition coefficient (Wildman–Crippen LogP) is 3.01. The third-order valence-corrected chi connectivity index (χ3v) is 4.83. The van der Waals surface area contributed by atoms with Crippen LogP contribution in [0.2, 0.25) is 0 Å². The molecule has 0 spiro atoms. The average Bonchev–Trinajstić information content (AvgIpc) is 3.31. The highest BCUT2D eigenvalue weighted by atomic mass is 16.6. The van der Waals surface area contributed by atoms with Crippen LogP contribution < -0.4 is 19.7 Å². The zero-order chi connectivity index (χ0) is 22.4. The van der Waals surface area contributed by atoms with Crippen LogP contribution >= 0.6 is 0 Å². The second-order valence-corrected chi connectivity index (χ2v) is 6.88. The minimum Gasteiger partial charge on any atom is -0.497 e. The molecular weight excluding hydrogens is 406 g/mol. The van der Waals surface area contributed by atoms with E-state index in [2.05, 4.69) is 5.32 Å². The van der Waals surface area contributed by atoms with Crippen molar-refractivity contribution in [2.75, 3.05) is 44.1 Å². The van der Waals surface area contributed by atoms with Crippen LogP contribution in [-0.2, 0) is 9.53 Å². The molecule has 0 aliphatic carbocycles. The third kappa shape index (κ3) is 5.41. The second kappa shape index (κ2) is 9.79. The molecule has 10 nitrogen and oxygen atoms in total. The van der Waals surface area contributed by atoms with Crippen molar-refractivity contribution in [3.63, 3.8) is 0 Å². The molecular formula is C21H23N3O7. The van der Waals surface area contributed by atoms with E-state index in [4.69, 9.17) is 14.2 Å². The molecule has 10 heteroatoms. The highest BCUT2D eigenvalue weighted by molar-refractivity contribution is 5.99. The lowest BCUT2D eigenvalue weighted by Crippen LogP contribution is -2.24. The standard InChI is InChI=1S/C21H23N3O7/c1-29-16-9-14(10-17(12-16)30-2)22-20(25)13-31-21(26)18-11-15(24(27)28)5-6-19(18)23-7-3-4-8-23/h5-6,9-12H,3-4,7-8,13H2,1-2H3,(H,22,25). The van der Waals surface area contributed by atoms with Gasteiger partial charge in [-0.05, 0) is 18.9 Å². The number of benzene rings is 2. The van der Waals surface area contributed by atoms with Gasteiger partial charge in [0.2, 0.25) is 0 Å². The molecule has 31 heavy (non-hydrogen) atoms. The molecule has 0 bridgehead atoms. The quantitative estimate of drug-likeness (QED) is 0.386. The van der Waals surface area contributed by atoms with Crippen molar-refractivity contribution in [1.29, 1.82) is 0 Å². The number of carbonyl (C=O) groups is 2. The van der Waals surface area contributed by atoms with Gasteiger partial charge in [-0.3, -0.25) is 14.9 Å². The number of rotatable bonds is 8. The normalized spacial score (nSPS) is 12.9. The van der Waals surface area contributed by atoms with Gasteiger partial charge in [-0.1, -0.05) is 0 Å². The first-order chi connectivity index (χ1) is 14.9. The van der Waals surface area contributed by atoms with E-state index >= 15 is 0 Å². The molecule has 2 aromatic rings. The maximum atomic E-state index is 12.7. The summed E-state index contributed by atoms with van der Waals surface area (Å²) < 4.78 is 15.4. The number of carbonyl (C=O) groups excluding carboxylic acids is 2. The van der Waals surface area contributed by atoms with Crippen LogP contribution in [0.4, 0.5) is 17.1 Å². The van der Waals surface area contributed by atoms with E-state index < -0.39 is 23.4 Å². The molecule has 0 radical (unpaired) electrons. The Labute approximate surface area is 178 Å². The summed E-state index contributed by atoms with van der Waals surface area (Å²) >= 11 is 0. The van der Waals surface area contributed by atoms with E-state index in [0.717, 1.165) is 25.9 Å². The van der Waals surface area contributed by atoms with Gasteiger partial charge in [-0.15, -0.1) is 0 Å². The molecule has 0 atom stereocenters. The summed E-state index contributed by atoms with van der Waals surface area (Å²) in [5, 5.41) is 13.7. The van der Waals surface area contributed by atoms with Gasteiger partial charge in [-0.2, -0.15) is 0 Å². The van der Waals surface area contributed by atoms with Crippen molar-refractivity contribution < 1.29 is 28.7 Å². The Bertz CT molecular complexity index is 965. The predicted molar refractivity (Wildman–Crippen MR) is 113 cm³/mol. The highest BCUT2D eigenvalue weighted by Crippen LogP contribution is 2.29. The van der Waals surface area contributed by atoms with Crippen molar-refractivity contribution in [2.24, 2.45) is 0 Å². The summed E-state index contributed by atoms with van der Waals surface area (Å²) in [7, 11) is 2.97. The number of anilines is 2. The summed E-state index contributed by atoms with van der Waals surface area (Å²) in [5.74, 6) is -0.405. The zero-order valence-electron chi connectivity index (χ0n) is 17.3. The smallest absolute Gasteiger partial charge is 0.341 e. The maximum absolute atomic E-state index is 12.7. The Morgan fingerprint density at radius 3 is 2.29 bits per heavy atom. The number of ether oxygens (including phenoxy) is 3. The topological polar surface area (TPSA) is 120 Å². The molecule has 1 aliphatic rings. The monoisotopic (exact) mass is 429 g/mol. The molecule has 1 amide bonds. The van der Waals surface area contributed by atoms with Crippen LogP contribution in [0.15, 0.2) is 36.4 Å². The number of hydrogen-bond acceptors (Lipinski definition) is 8. The lowest BCUT2D eigenvalue weighted by Gasteiger charge is -2.20. The van der Waals surface area contributed by atoms with Crippen LogP contribution in [-0.4, -0.2) is 50.7 Å². The number of methoxy groups -OCH3 is 2. The number of nitrogens with one attached hydrogen (secondary N) is 1. The number of amides is 1. The summed E-state index contributed by atoms with van der Waals surface area (Å²) in [5.41, 5.74) is 0.811. The van der Waals surface area contributed by atoms with Gasteiger partial charge in [-0.25, -0.2) is 4.79 Å². The number of non-ortho nitro benzene ring substituents is 1. The van der Waals surface area contributed by atoms with Gasteiger partial charge in [0.25, 0.3) is 11.6 Å². The lowest BCUT2D eigenvalue weighted by molar-refractivity contribution is -0.384. The van der Waals surface area contributed by atoms with Gasteiger partial charge in [0.1, 0.15) is 11.5 Å². The van der Waals surface area contributed by atoms with Crippen LogP contribution in [0.1, 0.15) is 23.2 Å². The number of hydrogen-bond donors (Lipinski definition) is 1. The van der Waals surface area contributed by atoms with Crippen molar-refractivity contribution >= 4 is 28.9 Å². The number of esters is 1. The molecule has 0 unspecified atom stereocenters. The molecule has 3 rings (SSSR count). The van der Waals surface area contributed by atoms with Crippen LogP contribution in [0.3, 0.4) is 0 Å². The Morgan fingerprint density at radius 1 is 1.06 bits per heavy atom. The third-order valence-electron chi connectivity index (χ3n) is 4.83.